The van der Waals surface area contributed by atoms with Gasteiger partial charge >= 0.3 is 0 Å². The van der Waals surface area contributed by atoms with Crippen molar-refractivity contribution in [3.8, 4) is 17.1 Å². The first kappa shape index (κ1) is 22.2. The minimum atomic E-state index is -0.212. The van der Waals surface area contributed by atoms with Crippen LogP contribution >= 0.6 is 0 Å². The first-order valence-electron chi connectivity index (χ1n) is 10.3. The molecule has 0 radical (unpaired) electrons. The molecule has 6 nitrogen and oxygen atoms in total. The monoisotopic (exact) mass is 420 g/mol. The number of para-hydroxylation sites is 1. The fourth-order valence-electron chi connectivity index (χ4n) is 3.29. The summed E-state index contributed by atoms with van der Waals surface area (Å²) in [6.07, 6.45) is 1.57. The normalized spacial score (nSPS) is 10.5. The molecule has 6 heteroatoms. The molecular weight excluding hydrogens is 392 g/mol. The number of anilines is 1. The molecule has 0 aliphatic heterocycles. The van der Waals surface area contributed by atoms with Crippen LogP contribution in [0.2, 0.25) is 0 Å². The van der Waals surface area contributed by atoms with Gasteiger partial charge in [0.1, 0.15) is 17.3 Å². The summed E-state index contributed by atoms with van der Waals surface area (Å²) in [5, 5.41) is 2.89. The molecule has 0 aliphatic rings. The van der Waals surface area contributed by atoms with Crippen molar-refractivity contribution in [3.05, 3.63) is 72.0 Å². The van der Waals surface area contributed by atoms with E-state index in [1.165, 1.54) is 4.90 Å². The van der Waals surface area contributed by atoms with Gasteiger partial charge in [0.05, 0.1) is 13.7 Å². The Balaban J connectivity index is 1.50. The Hall–Kier alpha value is -3.54. The number of furan rings is 1. The molecule has 0 atom stereocenters. The van der Waals surface area contributed by atoms with Gasteiger partial charge in [0, 0.05) is 31.1 Å². The van der Waals surface area contributed by atoms with E-state index < -0.39 is 0 Å². The lowest BCUT2D eigenvalue weighted by Crippen LogP contribution is -2.35. The van der Waals surface area contributed by atoms with E-state index in [1.54, 1.807) is 14.2 Å². The van der Waals surface area contributed by atoms with Gasteiger partial charge < -0.3 is 19.4 Å². The highest BCUT2D eigenvalue weighted by Gasteiger charge is 2.15. The summed E-state index contributed by atoms with van der Waals surface area (Å²) < 4.78 is 11.0. The first-order valence-corrected chi connectivity index (χ1v) is 10.3. The largest absolute Gasteiger partial charge is 0.497 e. The lowest BCUT2D eigenvalue weighted by molar-refractivity contribution is -0.133. The van der Waals surface area contributed by atoms with Crippen LogP contribution in [0.3, 0.4) is 0 Å². The standard InChI is InChI=1S/C25H28N2O4/c1-4-18-7-5-6-8-22(18)26-24(28)17-27(2)25(29)16-14-21-13-15-23(31-21)19-9-11-20(30-3)12-10-19/h5-13,15H,4,14,16-17H2,1-3H3,(H,26,28). The number of likely N-dealkylation sites (N-methyl/N-ethyl adjacent to an activating group) is 1. The lowest BCUT2D eigenvalue weighted by Gasteiger charge is -2.17. The average Bonchev–Trinajstić information content (AvgIpc) is 3.26. The number of methoxy groups -OCH3 is 1. The average molecular weight is 421 g/mol. The smallest absolute Gasteiger partial charge is 0.243 e. The Morgan fingerprint density at radius 2 is 1.77 bits per heavy atom. The predicted molar refractivity (Wildman–Crippen MR) is 121 cm³/mol. The summed E-state index contributed by atoms with van der Waals surface area (Å²) in [5.41, 5.74) is 2.80. The topological polar surface area (TPSA) is 71.8 Å². The van der Waals surface area contributed by atoms with Crippen LogP contribution in [0.4, 0.5) is 5.69 Å². The fourth-order valence-corrected chi connectivity index (χ4v) is 3.29. The highest BCUT2D eigenvalue weighted by molar-refractivity contribution is 5.95. The molecule has 162 valence electrons. The number of nitrogens with zero attached hydrogens (tertiary/aromatic N) is 1. The Kier molecular flexibility index (Phi) is 7.49. The number of amides is 2. The van der Waals surface area contributed by atoms with Crippen LogP contribution in [0.5, 0.6) is 5.75 Å². The fraction of sp³-hybridized carbons (Fsp3) is 0.280. The SMILES string of the molecule is CCc1ccccc1NC(=O)CN(C)C(=O)CCc1ccc(-c2ccc(OC)cc2)o1. The Bertz CT molecular complexity index is 1020. The van der Waals surface area contributed by atoms with Gasteiger partial charge in [-0.15, -0.1) is 0 Å². The van der Waals surface area contributed by atoms with E-state index in [-0.39, 0.29) is 24.8 Å². The van der Waals surface area contributed by atoms with Gasteiger partial charge in [-0.1, -0.05) is 25.1 Å². The number of nitrogens with one attached hydrogen (secondary N) is 1. The summed E-state index contributed by atoms with van der Waals surface area (Å²) in [6, 6.07) is 19.0. The van der Waals surface area contributed by atoms with E-state index in [9.17, 15) is 9.59 Å². The summed E-state index contributed by atoms with van der Waals surface area (Å²) in [5.74, 6) is 1.94. The van der Waals surface area contributed by atoms with E-state index >= 15 is 0 Å². The van der Waals surface area contributed by atoms with Gasteiger partial charge in [0.15, 0.2) is 0 Å². The second kappa shape index (κ2) is 10.5. The third kappa shape index (κ3) is 5.98. The van der Waals surface area contributed by atoms with Gasteiger partial charge in [-0.05, 0) is 54.4 Å². The predicted octanol–water partition coefficient (Wildman–Crippen LogP) is 4.55. The minimum Gasteiger partial charge on any atom is -0.497 e. The molecule has 31 heavy (non-hydrogen) atoms. The van der Waals surface area contributed by atoms with Gasteiger partial charge in [0.2, 0.25) is 11.8 Å². The van der Waals surface area contributed by atoms with Crippen LogP contribution in [-0.4, -0.2) is 37.4 Å². The van der Waals surface area contributed by atoms with Crippen molar-refractivity contribution in [2.45, 2.75) is 26.2 Å². The van der Waals surface area contributed by atoms with E-state index in [0.717, 1.165) is 40.5 Å². The summed E-state index contributed by atoms with van der Waals surface area (Å²) in [6.45, 7) is 2.04. The quantitative estimate of drug-likeness (QED) is 0.551. The zero-order valence-corrected chi connectivity index (χ0v) is 18.2. The number of aryl methyl sites for hydroxylation is 2. The Morgan fingerprint density at radius 1 is 1.03 bits per heavy atom. The Labute approximate surface area is 182 Å². The number of hydrogen-bond donors (Lipinski definition) is 1. The molecular formula is C25H28N2O4. The third-order valence-corrected chi connectivity index (χ3v) is 5.10. The second-order valence-corrected chi connectivity index (χ2v) is 7.30. The van der Waals surface area contributed by atoms with Gasteiger partial charge in [-0.2, -0.15) is 0 Å². The number of carbonyl (C=O) groups excluding carboxylic acids is 2. The van der Waals surface area contributed by atoms with Crippen molar-refractivity contribution in [2.24, 2.45) is 0 Å². The molecule has 1 N–H and O–H groups in total. The summed E-state index contributed by atoms with van der Waals surface area (Å²) in [4.78, 5) is 26.2. The molecule has 2 amide bonds. The maximum Gasteiger partial charge on any atom is 0.243 e. The van der Waals surface area contributed by atoms with Gasteiger partial charge in [0.25, 0.3) is 0 Å². The van der Waals surface area contributed by atoms with Crippen molar-refractivity contribution >= 4 is 17.5 Å². The number of rotatable bonds is 9. The third-order valence-electron chi connectivity index (χ3n) is 5.10. The van der Waals surface area contributed by atoms with Crippen LogP contribution < -0.4 is 10.1 Å². The van der Waals surface area contributed by atoms with E-state index in [0.29, 0.717) is 6.42 Å². The maximum absolute atomic E-state index is 12.5. The van der Waals surface area contributed by atoms with Crippen molar-refractivity contribution in [1.82, 2.24) is 4.90 Å². The number of carbonyl (C=O) groups is 2. The first-order chi connectivity index (χ1) is 15.0. The highest BCUT2D eigenvalue weighted by atomic mass is 16.5. The minimum absolute atomic E-state index is 0.00609. The number of hydrogen-bond acceptors (Lipinski definition) is 4. The van der Waals surface area contributed by atoms with E-state index in [1.807, 2.05) is 67.6 Å². The molecule has 3 rings (SSSR count). The van der Waals surface area contributed by atoms with Crippen molar-refractivity contribution in [1.29, 1.82) is 0 Å². The molecule has 0 spiro atoms. The van der Waals surface area contributed by atoms with Crippen molar-refractivity contribution in [2.75, 3.05) is 26.0 Å². The molecule has 0 aliphatic carbocycles. The van der Waals surface area contributed by atoms with Crippen LogP contribution in [-0.2, 0) is 22.4 Å². The zero-order chi connectivity index (χ0) is 22.2. The zero-order valence-electron chi connectivity index (χ0n) is 18.2. The molecule has 0 unspecified atom stereocenters. The Morgan fingerprint density at radius 3 is 2.48 bits per heavy atom. The molecule has 1 heterocycles. The van der Waals surface area contributed by atoms with Crippen LogP contribution in [0.1, 0.15) is 24.7 Å². The van der Waals surface area contributed by atoms with Crippen LogP contribution in [0, 0.1) is 0 Å². The second-order valence-electron chi connectivity index (χ2n) is 7.30. The number of benzene rings is 2. The van der Waals surface area contributed by atoms with Crippen LogP contribution in [0.15, 0.2) is 65.1 Å². The van der Waals surface area contributed by atoms with Gasteiger partial charge in [-0.25, -0.2) is 0 Å². The molecule has 1 aromatic heterocycles. The summed E-state index contributed by atoms with van der Waals surface area (Å²) >= 11 is 0. The van der Waals surface area contributed by atoms with Crippen molar-refractivity contribution in [3.63, 3.8) is 0 Å². The molecule has 0 fully saturated rings. The molecule has 3 aromatic rings. The van der Waals surface area contributed by atoms with Crippen LogP contribution in [0.25, 0.3) is 11.3 Å². The van der Waals surface area contributed by atoms with E-state index in [4.69, 9.17) is 9.15 Å². The molecule has 0 bridgehead atoms. The lowest BCUT2D eigenvalue weighted by atomic mass is 10.1. The molecule has 0 saturated heterocycles. The number of ether oxygens (including phenoxy) is 1. The molecule has 0 saturated carbocycles. The maximum atomic E-state index is 12.5. The van der Waals surface area contributed by atoms with E-state index in [2.05, 4.69) is 5.32 Å². The highest BCUT2D eigenvalue weighted by Crippen LogP contribution is 2.25. The van der Waals surface area contributed by atoms with Gasteiger partial charge in [-0.3, -0.25) is 9.59 Å². The summed E-state index contributed by atoms with van der Waals surface area (Å²) in [7, 11) is 3.26. The van der Waals surface area contributed by atoms with Crippen molar-refractivity contribution < 1.29 is 18.7 Å². The molecule has 2 aromatic carbocycles.